The molecule has 1 aromatic heterocycles. The summed E-state index contributed by atoms with van der Waals surface area (Å²) in [6.45, 7) is 6.46. The van der Waals surface area contributed by atoms with Gasteiger partial charge in [-0.25, -0.2) is 8.78 Å². The minimum atomic E-state index is -3.98. The minimum absolute atomic E-state index is 0.452. The molecule has 1 unspecified atom stereocenters. The predicted molar refractivity (Wildman–Crippen MR) is 90.9 cm³/mol. The summed E-state index contributed by atoms with van der Waals surface area (Å²) in [5.74, 6) is -6.20. The molecule has 0 amide bonds. The van der Waals surface area contributed by atoms with Gasteiger partial charge in [0.2, 0.25) is 5.60 Å². The summed E-state index contributed by atoms with van der Waals surface area (Å²) in [5.41, 5.74) is -3.79. The number of rotatable bonds is 5. The molecule has 0 fully saturated rings. The van der Waals surface area contributed by atoms with Gasteiger partial charge in [-0.1, -0.05) is 6.07 Å². The monoisotopic (exact) mass is 382 g/mol. The fourth-order valence-electron chi connectivity index (χ4n) is 2.51. The first-order chi connectivity index (χ1) is 11.9. The van der Waals surface area contributed by atoms with Gasteiger partial charge < -0.3 is 4.43 Å². The van der Waals surface area contributed by atoms with E-state index in [4.69, 9.17) is 4.43 Å². The number of nitrogens with zero attached hydrogens (tertiary/aromatic N) is 2. The molecule has 3 nitrogen and oxygen atoms in total. The second-order valence-electron chi connectivity index (χ2n) is 6.93. The third-order valence-electron chi connectivity index (χ3n) is 3.60. The molecule has 0 bridgehead atoms. The van der Waals surface area contributed by atoms with E-state index in [0.717, 1.165) is 18.2 Å². The molecular formula is C18H18F4N2OSi. The summed E-state index contributed by atoms with van der Waals surface area (Å²) >= 11 is 0. The molecule has 1 atom stereocenters. The molecule has 0 saturated heterocycles. The Morgan fingerprint density at radius 1 is 1.12 bits per heavy atom. The number of nitriles is 1. The Bertz CT molecular complexity index is 844. The van der Waals surface area contributed by atoms with Crippen molar-refractivity contribution in [3.8, 4) is 6.07 Å². The van der Waals surface area contributed by atoms with E-state index in [1.807, 2.05) is 0 Å². The van der Waals surface area contributed by atoms with Gasteiger partial charge in [-0.15, -0.1) is 0 Å². The van der Waals surface area contributed by atoms with Crippen molar-refractivity contribution in [2.24, 2.45) is 0 Å². The molecule has 1 heterocycles. The highest BCUT2D eigenvalue weighted by molar-refractivity contribution is 6.69. The van der Waals surface area contributed by atoms with Crippen LogP contribution in [0.1, 0.15) is 16.8 Å². The van der Waals surface area contributed by atoms with Crippen molar-refractivity contribution in [2.45, 2.75) is 38.1 Å². The average Bonchev–Trinajstić information content (AvgIpc) is 2.52. The number of aromatic nitrogens is 1. The molecule has 2 aromatic rings. The van der Waals surface area contributed by atoms with E-state index in [9.17, 15) is 14.0 Å². The van der Waals surface area contributed by atoms with Gasteiger partial charge in [0.1, 0.15) is 23.4 Å². The van der Waals surface area contributed by atoms with Crippen LogP contribution in [0.2, 0.25) is 19.6 Å². The van der Waals surface area contributed by atoms with Crippen molar-refractivity contribution >= 4 is 8.32 Å². The van der Waals surface area contributed by atoms with E-state index in [2.05, 4.69) is 4.98 Å². The van der Waals surface area contributed by atoms with Crippen LogP contribution in [0.4, 0.5) is 17.6 Å². The Labute approximate surface area is 150 Å². The summed E-state index contributed by atoms with van der Waals surface area (Å²) in [7, 11) is -2.78. The van der Waals surface area contributed by atoms with Gasteiger partial charge in [-0.3, -0.25) is 4.98 Å². The van der Waals surface area contributed by atoms with Crippen LogP contribution in [0.5, 0.6) is 0 Å². The predicted octanol–water partition coefficient (Wildman–Crippen LogP) is 5.03. The van der Waals surface area contributed by atoms with Crippen LogP contribution in [0.3, 0.4) is 0 Å². The van der Waals surface area contributed by atoms with Crippen molar-refractivity contribution in [1.82, 2.24) is 4.98 Å². The highest BCUT2D eigenvalue weighted by Crippen LogP contribution is 2.49. The minimum Gasteiger partial charge on any atom is -0.392 e. The zero-order chi connectivity index (χ0) is 19.8. The Balaban J connectivity index is 2.78. The largest absolute Gasteiger partial charge is 0.392 e. The van der Waals surface area contributed by atoms with Gasteiger partial charge in [0.25, 0.3) is 0 Å². The Hall–Kier alpha value is -2.24. The number of hydrogen-bond donors (Lipinski definition) is 0. The van der Waals surface area contributed by atoms with Crippen LogP contribution < -0.4 is 0 Å². The fraction of sp³-hybridized carbons (Fsp3) is 0.333. The zero-order valence-electron chi connectivity index (χ0n) is 14.8. The second kappa shape index (κ2) is 6.82. The fourth-order valence-corrected chi connectivity index (χ4v) is 3.71. The van der Waals surface area contributed by atoms with Crippen LogP contribution in [-0.4, -0.2) is 13.3 Å². The number of pyridine rings is 1. The number of aryl methyl sites for hydroxylation is 1. The molecular weight excluding hydrogens is 364 g/mol. The van der Waals surface area contributed by atoms with Gasteiger partial charge >= 0.3 is 5.92 Å². The van der Waals surface area contributed by atoms with Crippen LogP contribution >= 0.6 is 0 Å². The molecule has 138 valence electrons. The molecule has 0 spiro atoms. The van der Waals surface area contributed by atoms with Crippen molar-refractivity contribution in [1.29, 1.82) is 5.26 Å². The Kier molecular flexibility index (Phi) is 5.26. The SMILES string of the molecule is Cc1ccc(C(F)(F)C(C#N)(O[Si](C)(C)C)c2ccc(F)cc2F)nc1. The zero-order valence-corrected chi connectivity index (χ0v) is 15.8. The summed E-state index contributed by atoms with van der Waals surface area (Å²) < 4.78 is 64.2. The number of halogens is 4. The molecule has 2 rings (SSSR count). The van der Waals surface area contributed by atoms with Gasteiger partial charge in [0.15, 0.2) is 8.32 Å². The van der Waals surface area contributed by atoms with E-state index in [-0.39, 0.29) is 0 Å². The summed E-state index contributed by atoms with van der Waals surface area (Å²) in [5, 5.41) is 9.72. The van der Waals surface area contributed by atoms with Gasteiger partial charge in [-0.2, -0.15) is 14.0 Å². The normalized spacial score (nSPS) is 14.6. The van der Waals surface area contributed by atoms with Crippen molar-refractivity contribution in [3.05, 3.63) is 65.0 Å². The smallest absolute Gasteiger partial charge is 0.334 e. The van der Waals surface area contributed by atoms with E-state index < -0.39 is 42.7 Å². The molecule has 0 saturated carbocycles. The number of alkyl halides is 2. The lowest BCUT2D eigenvalue weighted by Crippen LogP contribution is -2.51. The lowest BCUT2D eigenvalue weighted by atomic mass is 9.86. The maximum Gasteiger partial charge on any atom is 0.334 e. The van der Waals surface area contributed by atoms with Crippen molar-refractivity contribution in [2.75, 3.05) is 0 Å². The third kappa shape index (κ3) is 3.64. The van der Waals surface area contributed by atoms with Gasteiger partial charge in [-0.05, 0) is 50.3 Å². The molecule has 0 aliphatic carbocycles. The average molecular weight is 382 g/mol. The van der Waals surface area contributed by atoms with Crippen molar-refractivity contribution < 1.29 is 22.0 Å². The highest BCUT2D eigenvalue weighted by Gasteiger charge is 2.61. The molecule has 26 heavy (non-hydrogen) atoms. The highest BCUT2D eigenvalue weighted by atomic mass is 28.4. The van der Waals surface area contributed by atoms with Gasteiger partial charge in [0, 0.05) is 17.8 Å². The first kappa shape index (κ1) is 20.1. The summed E-state index contributed by atoms with van der Waals surface area (Å²) in [4.78, 5) is 3.70. The standard InChI is InChI=1S/C18H18F4N2OSi/c1-12-5-8-16(24-10-12)18(21,22)17(11-23,25-26(2,3)4)14-7-6-13(19)9-15(14)20/h5-10H,1-4H3. The Morgan fingerprint density at radius 2 is 1.77 bits per heavy atom. The molecule has 0 aliphatic rings. The van der Waals surface area contributed by atoms with E-state index in [1.54, 1.807) is 26.6 Å². The summed E-state index contributed by atoms with van der Waals surface area (Å²) in [6, 6.07) is 6.02. The van der Waals surface area contributed by atoms with Crippen LogP contribution in [-0.2, 0) is 15.9 Å². The number of hydrogen-bond acceptors (Lipinski definition) is 3. The molecule has 8 heteroatoms. The molecule has 0 N–H and O–H groups in total. The number of benzene rings is 1. The second-order valence-corrected chi connectivity index (χ2v) is 11.4. The first-order valence-corrected chi connectivity index (χ1v) is 11.2. The van der Waals surface area contributed by atoms with Crippen LogP contribution in [0, 0.1) is 29.9 Å². The van der Waals surface area contributed by atoms with Crippen LogP contribution in [0.15, 0.2) is 36.5 Å². The molecule has 0 aliphatic heterocycles. The van der Waals surface area contributed by atoms with Gasteiger partial charge in [0.05, 0.1) is 0 Å². The molecule has 0 radical (unpaired) electrons. The van der Waals surface area contributed by atoms with Crippen LogP contribution in [0.25, 0.3) is 0 Å². The van der Waals surface area contributed by atoms with Crippen molar-refractivity contribution in [3.63, 3.8) is 0 Å². The maximum atomic E-state index is 15.5. The third-order valence-corrected chi connectivity index (χ3v) is 4.52. The quantitative estimate of drug-likeness (QED) is 0.538. The van der Waals surface area contributed by atoms with E-state index in [1.165, 1.54) is 18.3 Å². The first-order valence-electron chi connectivity index (χ1n) is 7.81. The lowest BCUT2D eigenvalue weighted by molar-refractivity contribution is -0.156. The van der Waals surface area contributed by atoms with E-state index >= 15 is 8.78 Å². The summed E-state index contributed by atoms with van der Waals surface area (Å²) in [6.07, 6.45) is 1.22. The van der Waals surface area contributed by atoms with E-state index in [0.29, 0.717) is 11.6 Å². The maximum absolute atomic E-state index is 15.5. The topological polar surface area (TPSA) is 45.9 Å². The Morgan fingerprint density at radius 3 is 2.23 bits per heavy atom. The lowest BCUT2D eigenvalue weighted by Gasteiger charge is -2.39. The molecule has 1 aromatic carbocycles.